The summed E-state index contributed by atoms with van der Waals surface area (Å²) in [5.41, 5.74) is 0. The molecule has 2 rings (SSSR count). The van der Waals surface area contributed by atoms with E-state index in [1.165, 1.54) is 11.8 Å². The van der Waals surface area contributed by atoms with Gasteiger partial charge in [-0.3, -0.25) is 0 Å². The molecule has 0 spiro atoms. The molecule has 2 fully saturated rings. The van der Waals surface area contributed by atoms with Gasteiger partial charge in [0.1, 0.15) is 6.10 Å². The number of aliphatic hydroxyl groups excluding tert-OH is 4. The summed E-state index contributed by atoms with van der Waals surface area (Å²) in [6.45, 7) is -0.168. The minimum Gasteiger partial charge on any atom is -0.395 e. The van der Waals surface area contributed by atoms with Crippen LogP contribution in [0.15, 0.2) is 0 Å². The van der Waals surface area contributed by atoms with Crippen LogP contribution in [0.4, 0.5) is 0 Å². The highest BCUT2D eigenvalue weighted by Crippen LogP contribution is 2.42. The minimum atomic E-state index is -1.14. The smallest absolute Gasteiger partial charge is 0.108 e. The van der Waals surface area contributed by atoms with Crippen molar-refractivity contribution in [1.82, 2.24) is 0 Å². The molecule has 16 heavy (non-hydrogen) atoms. The lowest BCUT2D eigenvalue weighted by atomic mass is 9.92. The molecule has 0 aromatic carbocycles. The summed E-state index contributed by atoms with van der Waals surface area (Å²) < 4.78 is 0. The molecule has 0 aromatic rings. The Bertz CT molecular complexity index is 230. The second kappa shape index (κ2) is 5.23. The van der Waals surface area contributed by atoms with E-state index in [0.29, 0.717) is 0 Å². The summed E-state index contributed by atoms with van der Waals surface area (Å²) >= 11 is 1.41. The Morgan fingerprint density at radius 1 is 1.12 bits per heavy atom. The highest BCUT2D eigenvalue weighted by atomic mass is 32.2. The van der Waals surface area contributed by atoms with Crippen molar-refractivity contribution in [3.05, 3.63) is 6.42 Å². The summed E-state index contributed by atoms with van der Waals surface area (Å²) in [5, 5.41) is 38.0. The molecule has 4 nitrogen and oxygen atoms in total. The van der Waals surface area contributed by atoms with Crippen LogP contribution in [0.3, 0.4) is 0 Å². The standard InChI is InChI=1S/C11H19O4S/c12-5-7-8(13)9(14)10(15)11(16-7)6-3-1-2-4-6/h3,6-15H,1-2,4-5H2/t6?,7-,8+,9+,10-,11+/m1/s1. The lowest BCUT2D eigenvalue weighted by Crippen LogP contribution is -2.55. The number of thioether (sulfide) groups is 1. The average molecular weight is 247 g/mol. The second-order valence-electron chi connectivity index (χ2n) is 4.62. The molecule has 0 amide bonds. The summed E-state index contributed by atoms with van der Waals surface area (Å²) in [6.07, 6.45) is 2.30. The molecule has 1 aliphatic carbocycles. The van der Waals surface area contributed by atoms with E-state index in [0.717, 1.165) is 19.3 Å². The first-order chi connectivity index (χ1) is 7.65. The topological polar surface area (TPSA) is 80.9 Å². The van der Waals surface area contributed by atoms with Crippen LogP contribution >= 0.6 is 11.8 Å². The van der Waals surface area contributed by atoms with Gasteiger partial charge in [0.05, 0.1) is 24.1 Å². The lowest BCUT2D eigenvalue weighted by molar-refractivity contribution is -0.0732. The SMILES string of the molecule is OC[C@H]1S[C@@H](C2[CH]CCC2)[C@H](O)[C@@H](O)[C@H]1O. The number of rotatable bonds is 2. The maximum absolute atomic E-state index is 9.95. The molecule has 2 aliphatic rings. The Balaban J connectivity index is 2.06. The zero-order chi connectivity index (χ0) is 11.7. The maximum Gasteiger partial charge on any atom is 0.108 e. The fourth-order valence-corrected chi connectivity index (χ4v) is 4.17. The van der Waals surface area contributed by atoms with Crippen LogP contribution in [0.1, 0.15) is 19.3 Å². The van der Waals surface area contributed by atoms with E-state index in [4.69, 9.17) is 5.11 Å². The fraction of sp³-hybridized carbons (Fsp3) is 0.909. The van der Waals surface area contributed by atoms with Gasteiger partial charge in [0.15, 0.2) is 0 Å². The predicted octanol–water partition coefficient (Wildman–Crippen LogP) is -0.450. The summed E-state index contributed by atoms with van der Waals surface area (Å²) in [6, 6.07) is 0. The van der Waals surface area contributed by atoms with Crippen LogP contribution in [-0.4, -0.2) is 55.8 Å². The molecule has 1 radical (unpaired) electrons. The van der Waals surface area contributed by atoms with E-state index in [1.807, 2.05) is 0 Å². The van der Waals surface area contributed by atoms with Crippen LogP contribution < -0.4 is 0 Å². The Hall–Kier alpha value is 0.190. The van der Waals surface area contributed by atoms with Crippen molar-refractivity contribution >= 4 is 11.8 Å². The zero-order valence-corrected chi connectivity index (χ0v) is 9.88. The van der Waals surface area contributed by atoms with Crippen molar-refractivity contribution in [2.75, 3.05) is 6.61 Å². The van der Waals surface area contributed by atoms with E-state index in [2.05, 4.69) is 6.42 Å². The van der Waals surface area contributed by atoms with Crippen molar-refractivity contribution in [3.63, 3.8) is 0 Å². The van der Waals surface area contributed by atoms with Gasteiger partial charge in [0.25, 0.3) is 0 Å². The maximum atomic E-state index is 9.95. The van der Waals surface area contributed by atoms with Gasteiger partial charge in [-0.05, 0) is 25.2 Å². The highest BCUT2D eigenvalue weighted by molar-refractivity contribution is 8.00. The van der Waals surface area contributed by atoms with Crippen molar-refractivity contribution in [3.8, 4) is 0 Å². The molecule has 1 aliphatic heterocycles. The summed E-state index contributed by atoms with van der Waals surface area (Å²) in [7, 11) is 0. The van der Waals surface area contributed by atoms with Gasteiger partial charge in [0, 0.05) is 5.25 Å². The largest absolute Gasteiger partial charge is 0.395 e. The number of hydrogen-bond donors (Lipinski definition) is 4. The Kier molecular flexibility index (Phi) is 4.13. The first kappa shape index (κ1) is 12.6. The van der Waals surface area contributed by atoms with E-state index in [-0.39, 0.29) is 17.8 Å². The third kappa shape index (κ3) is 2.24. The first-order valence-corrected chi connectivity index (χ1v) is 6.73. The van der Waals surface area contributed by atoms with Gasteiger partial charge >= 0.3 is 0 Å². The Morgan fingerprint density at radius 2 is 1.88 bits per heavy atom. The molecule has 4 N–H and O–H groups in total. The van der Waals surface area contributed by atoms with E-state index >= 15 is 0 Å². The van der Waals surface area contributed by atoms with Gasteiger partial charge in [-0.2, -0.15) is 0 Å². The van der Waals surface area contributed by atoms with Gasteiger partial charge in [-0.1, -0.05) is 6.42 Å². The van der Waals surface area contributed by atoms with Crippen molar-refractivity contribution in [2.24, 2.45) is 5.92 Å². The van der Waals surface area contributed by atoms with Crippen LogP contribution in [0.2, 0.25) is 0 Å². The van der Waals surface area contributed by atoms with E-state index < -0.39 is 23.6 Å². The van der Waals surface area contributed by atoms with Crippen LogP contribution in [0.25, 0.3) is 0 Å². The highest BCUT2D eigenvalue weighted by Gasteiger charge is 2.46. The predicted molar refractivity (Wildman–Crippen MR) is 61.9 cm³/mol. The first-order valence-electron chi connectivity index (χ1n) is 5.79. The second-order valence-corrected chi connectivity index (χ2v) is 6.05. The monoisotopic (exact) mass is 247 g/mol. The molecular formula is C11H19O4S. The normalized spacial score (nSPS) is 46.1. The Labute approximate surface area is 99.7 Å². The Morgan fingerprint density at radius 3 is 2.44 bits per heavy atom. The molecule has 0 bridgehead atoms. The molecule has 1 heterocycles. The summed E-state index contributed by atoms with van der Waals surface area (Å²) in [5.74, 6) is 0.288. The third-order valence-corrected chi connectivity index (χ3v) is 5.28. The van der Waals surface area contributed by atoms with E-state index in [1.54, 1.807) is 0 Å². The van der Waals surface area contributed by atoms with Crippen LogP contribution in [0.5, 0.6) is 0 Å². The fourth-order valence-electron chi connectivity index (χ4n) is 2.59. The quantitative estimate of drug-likeness (QED) is 0.531. The van der Waals surface area contributed by atoms with Crippen molar-refractivity contribution < 1.29 is 20.4 Å². The molecule has 1 saturated heterocycles. The van der Waals surface area contributed by atoms with Gasteiger partial charge < -0.3 is 20.4 Å². The minimum absolute atomic E-state index is 0.0990. The molecule has 0 aromatic heterocycles. The molecule has 1 unspecified atom stereocenters. The number of aliphatic hydroxyl groups is 4. The van der Waals surface area contributed by atoms with Gasteiger partial charge in [0.2, 0.25) is 0 Å². The molecule has 5 heteroatoms. The number of hydrogen-bond acceptors (Lipinski definition) is 5. The zero-order valence-electron chi connectivity index (χ0n) is 9.07. The lowest BCUT2D eigenvalue weighted by Gasteiger charge is -2.41. The van der Waals surface area contributed by atoms with Gasteiger partial charge in [-0.25, -0.2) is 0 Å². The van der Waals surface area contributed by atoms with Crippen molar-refractivity contribution in [1.29, 1.82) is 0 Å². The van der Waals surface area contributed by atoms with Crippen LogP contribution in [0, 0.1) is 12.3 Å². The summed E-state index contributed by atoms with van der Waals surface area (Å²) in [4.78, 5) is 0. The average Bonchev–Trinajstić information content (AvgIpc) is 2.80. The molecule has 6 atom stereocenters. The van der Waals surface area contributed by atoms with Crippen LogP contribution in [-0.2, 0) is 0 Å². The van der Waals surface area contributed by atoms with Gasteiger partial charge in [-0.15, -0.1) is 11.8 Å². The molecule has 1 saturated carbocycles. The molecule has 93 valence electrons. The molecular weight excluding hydrogens is 228 g/mol. The van der Waals surface area contributed by atoms with E-state index in [9.17, 15) is 15.3 Å². The third-order valence-electron chi connectivity index (χ3n) is 3.56. The van der Waals surface area contributed by atoms with Crippen molar-refractivity contribution in [2.45, 2.75) is 48.1 Å².